The zero-order valence-corrected chi connectivity index (χ0v) is 10.4. The maximum absolute atomic E-state index is 13.8. The summed E-state index contributed by atoms with van der Waals surface area (Å²) in [4.78, 5) is 8.49. The molecule has 0 saturated heterocycles. The number of benzene rings is 1. The third kappa shape index (κ3) is 1.85. The number of hydrogen-bond donors (Lipinski definition) is 0. The van der Waals surface area contributed by atoms with Crippen LogP contribution < -0.4 is 0 Å². The summed E-state index contributed by atoms with van der Waals surface area (Å²) < 4.78 is 28.1. The second-order valence-electron chi connectivity index (χ2n) is 4.25. The summed E-state index contributed by atoms with van der Waals surface area (Å²) in [6, 6.07) is 3.35. The van der Waals surface area contributed by atoms with Crippen LogP contribution in [0.1, 0.15) is 11.5 Å². The van der Waals surface area contributed by atoms with Crippen molar-refractivity contribution in [2.75, 3.05) is 0 Å². The van der Waals surface area contributed by atoms with E-state index in [-0.39, 0.29) is 5.69 Å². The van der Waals surface area contributed by atoms with Crippen LogP contribution in [0.2, 0.25) is 0 Å². The Hall–Kier alpha value is -2.37. The second-order valence-corrected chi connectivity index (χ2v) is 4.25. The van der Waals surface area contributed by atoms with E-state index in [1.165, 1.54) is 16.8 Å². The average Bonchev–Trinajstić information content (AvgIpc) is 2.73. The van der Waals surface area contributed by atoms with Crippen LogP contribution in [0.25, 0.3) is 16.7 Å². The van der Waals surface area contributed by atoms with E-state index >= 15 is 0 Å². The molecule has 3 rings (SSSR count). The van der Waals surface area contributed by atoms with Gasteiger partial charge in [0.1, 0.15) is 17.3 Å². The Morgan fingerprint density at radius 2 is 1.89 bits per heavy atom. The van der Waals surface area contributed by atoms with Gasteiger partial charge in [-0.15, -0.1) is 0 Å². The Kier molecular flexibility index (Phi) is 2.51. The highest BCUT2D eigenvalue weighted by Gasteiger charge is 2.13. The van der Waals surface area contributed by atoms with E-state index in [4.69, 9.17) is 0 Å². The van der Waals surface area contributed by atoms with E-state index in [9.17, 15) is 8.78 Å². The molecule has 0 aliphatic carbocycles. The minimum absolute atomic E-state index is 0.161. The molecule has 4 nitrogen and oxygen atoms in total. The predicted molar refractivity (Wildman–Crippen MR) is 66.1 cm³/mol. The fourth-order valence-corrected chi connectivity index (χ4v) is 2.02. The van der Waals surface area contributed by atoms with Gasteiger partial charge in [-0.3, -0.25) is 0 Å². The van der Waals surface area contributed by atoms with Crippen LogP contribution in [-0.2, 0) is 0 Å². The number of aryl methyl sites for hydroxylation is 2. The molecule has 96 valence electrons. The highest BCUT2D eigenvalue weighted by Crippen LogP contribution is 2.21. The molecule has 0 unspecified atom stereocenters. The number of hydrogen-bond acceptors (Lipinski definition) is 3. The van der Waals surface area contributed by atoms with Gasteiger partial charge in [0, 0.05) is 6.07 Å². The van der Waals surface area contributed by atoms with Crippen molar-refractivity contribution < 1.29 is 8.78 Å². The summed E-state index contributed by atoms with van der Waals surface area (Å²) in [5.41, 5.74) is 1.45. The minimum atomic E-state index is -0.682. The first-order chi connectivity index (χ1) is 9.06. The predicted octanol–water partition coefficient (Wildman–Crippen LogP) is 2.71. The van der Waals surface area contributed by atoms with Crippen molar-refractivity contribution >= 4 is 11.0 Å². The van der Waals surface area contributed by atoms with Gasteiger partial charge >= 0.3 is 0 Å². The molecule has 2 heterocycles. The summed E-state index contributed by atoms with van der Waals surface area (Å²) in [6.45, 7) is 3.59. The van der Waals surface area contributed by atoms with E-state index in [2.05, 4.69) is 15.1 Å². The van der Waals surface area contributed by atoms with E-state index in [0.717, 1.165) is 17.1 Å². The maximum Gasteiger partial charge on any atom is 0.166 e. The first-order valence-electron chi connectivity index (χ1n) is 5.70. The minimum Gasteiger partial charge on any atom is -0.238 e. The van der Waals surface area contributed by atoms with Crippen molar-refractivity contribution in [2.24, 2.45) is 0 Å². The Morgan fingerprint density at radius 1 is 1.11 bits per heavy atom. The summed E-state index contributed by atoms with van der Waals surface area (Å²) in [6.07, 6.45) is 1.58. The lowest BCUT2D eigenvalue weighted by Gasteiger charge is -2.05. The lowest BCUT2D eigenvalue weighted by Crippen LogP contribution is -2.02. The van der Waals surface area contributed by atoms with Crippen molar-refractivity contribution in [3.05, 3.63) is 47.5 Å². The lowest BCUT2D eigenvalue weighted by atomic mass is 10.3. The van der Waals surface area contributed by atoms with Crippen LogP contribution in [0.4, 0.5) is 8.78 Å². The van der Waals surface area contributed by atoms with Crippen LogP contribution in [0, 0.1) is 25.5 Å². The van der Waals surface area contributed by atoms with Gasteiger partial charge in [-0.2, -0.15) is 5.10 Å². The van der Waals surface area contributed by atoms with Gasteiger partial charge in [-0.05, 0) is 26.0 Å². The van der Waals surface area contributed by atoms with Crippen LogP contribution in [0.5, 0.6) is 0 Å². The molecule has 2 aromatic heterocycles. The molecule has 0 saturated carbocycles. The van der Waals surface area contributed by atoms with Crippen LogP contribution >= 0.6 is 0 Å². The maximum atomic E-state index is 13.8. The molecule has 6 heteroatoms. The quantitative estimate of drug-likeness (QED) is 0.675. The molecule has 0 aliphatic rings. The molecule has 1 aromatic carbocycles. The van der Waals surface area contributed by atoms with Crippen LogP contribution in [-0.4, -0.2) is 19.7 Å². The van der Waals surface area contributed by atoms with Crippen molar-refractivity contribution in [1.82, 2.24) is 19.7 Å². The summed E-state index contributed by atoms with van der Waals surface area (Å²) in [5.74, 6) is -0.729. The fourth-order valence-electron chi connectivity index (χ4n) is 2.02. The van der Waals surface area contributed by atoms with Crippen molar-refractivity contribution in [2.45, 2.75) is 13.8 Å². The number of rotatable bonds is 1. The Balaban J connectivity index is 2.31. The van der Waals surface area contributed by atoms with Gasteiger partial charge in [0.05, 0.1) is 17.3 Å². The molecule has 0 fully saturated rings. The monoisotopic (exact) mass is 260 g/mol. The molecule has 0 amide bonds. The van der Waals surface area contributed by atoms with Gasteiger partial charge < -0.3 is 0 Å². The van der Waals surface area contributed by atoms with Crippen molar-refractivity contribution in [1.29, 1.82) is 0 Å². The number of fused-ring (bicyclic) bond motifs is 1. The Morgan fingerprint density at radius 3 is 2.63 bits per heavy atom. The zero-order valence-electron chi connectivity index (χ0n) is 10.4. The van der Waals surface area contributed by atoms with E-state index < -0.39 is 11.6 Å². The fraction of sp³-hybridized carbons (Fsp3) is 0.154. The van der Waals surface area contributed by atoms with Crippen molar-refractivity contribution in [3.63, 3.8) is 0 Å². The van der Waals surface area contributed by atoms with Crippen LogP contribution in [0.3, 0.4) is 0 Å². The first kappa shape index (κ1) is 11.7. The van der Waals surface area contributed by atoms with Crippen LogP contribution in [0.15, 0.2) is 24.4 Å². The van der Waals surface area contributed by atoms with Gasteiger partial charge in [0.2, 0.25) is 0 Å². The third-order valence-corrected chi connectivity index (χ3v) is 2.87. The third-order valence-electron chi connectivity index (χ3n) is 2.87. The highest BCUT2D eigenvalue weighted by molar-refractivity contribution is 5.78. The summed E-state index contributed by atoms with van der Waals surface area (Å²) in [7, 11) is 0. The standard InChI is InChI=1S/C13H10F2N4/c1-7-10-6-16-19(13(10)18-8(2)17-7)12-4-3-9(14)5-11(12)15/h3-6H,1-2H3. The zero-order chi connectivity index (χ0) is 13.6. The molecular formula is C13H10F2N4. The summed E-state index contributed by atoms with van der Waals surface area (Å²) >= 11 is 0. The largest absolute Gasteiger partial charge is 0.238 e. The molecule has 19 heavy (non-hydrogen) atoms. The number of nitrogens with zero attached hydrogens (tertiary/aromatic N) is 4. The molecule has 0 radical (unpaired) electrons. The molecule has 0 atom stereocenters. The topological polar surface area (TPSA) is 43.6 Å². The molecule has 0 bridgehead atoms. The Bertz CT molecular complexity index is 780. The molecule has 0 N–H and O–H groups in total. The van der Waals surface area contributed by atoms with Gasteiger partial charge in [-0.25, -0.2) is 23.4 Å². The molecular weight excluding hydrogens is 250 g/mol. The van der Waals surface area contributed by atoms with Gasteiger partial charge in [-0.1, -0.05) is 0 Å². The second kappa shape index (κ2) is 4.08. The summed E-state index contributed by atoms with van der Waals surface area (Å²) in [5, 5.41) is 4.85. The van der Waals surface area contributed by atoms with Gasteiger partial charge in [0.25, 0.3) is 0 Å². The number of aromatic nitrogens is 4. The first-order valence-corrected chi connectivity index (χ1v) is 5.70. The lowest BCUT2D eigenvalue weighted by molar-refractivity contribution is 0.574. The molecule has 0 spiro atoms. The molecule has 3 aromatic rings. The smallest absolute Gasteiger partial charge is 0.166 e. The average molecular weight is 260 g/mol. The van der Waals surface area contributed by atoms with Crippen molar-refractivity contribution in [3.8, 4) is 5.69 Å². The molecule has 0 aliphatic heterocycles. The normalized spacial score (nSPS) is 11.2. The SMILES string of the molecule is Cc1nc(C)c2cnn(-c3ccc(F)cc3F)c2n1. The van der Waals surface area contributed by atoms with Gasteiger partial charge in [0.15, 0.2) is 11.5 Å². The van der Waals surface area contributed by atoms with E-state index in [1.54, 1.807) is 13.1 Å². The van der Waals surface area contributed by atoms with E-state index in [1.807, 2.05) is 6.92 Å². The Labute approximate surface area is 107 Å². The number of halogens is 2. The van der Waals surface area contributed by atoms with E-state index in [0.29, 0.717) is 11.5 Å². The highest BCUT2D eigenvalue weighted by atomic mass is 19.1.